The van der Waals surface area contributed by atoms with Crippen LogP contribution in [-0.2, 0) is 12.6 Å². The summed E-state index contributed by atoms with van der Waals surface area (Å²) in [4.78, 5) is 9.89. The summed E-state index contributed by atoms with van der Waals surface area (Å²) in [6.07, 6.45) is -2.17. The Hall–Kier alpha value is -3.00. The van der Waals surface area contributed by atoms with Gasteiger partial charge in [0.05, 0.1) is 5.56 Å². The van der Waals surface area contributed by atoms with Crippen LogP contribution in [0, 0.1) is 11.7 Å². The van der Waals surface area contributed by atoms with E-state index in [4.69, 9.17) is 0 Å². The van der Waals surface area contributed by atoms with Gasteiger partial charge in [-0.1, -0.05) is 42.5 Å². The zero-order valence-corrected chi connectivity index (χ0v) is 17.6. The zero-order valence-electron chi connectivity index (χ0n) is 17.6. The van der Waals surface area contributed by atoms with Crippen LogP contribution in [0.5, 0.6) is 0 Å². The quantitative estimate of drug-likeness (QED) is 0.561. The van der Waals surface area contributed by atoms with Crippen LogP contribution in [0.25, 0.3) is 0 Å². The maximum atomic E-state index is 13.5. The standard InChI is InChI=1S/C24H24F4N4/c1-32(23-30-12-18(13-31-23)24(26,27)28)22(11-16-5-3-2-4-6-16)21-15-29-14-20(21)17-7-9-19(25)10-8-17/h2-10,12-13,20-22,29H,11,14-15H2,1H3/t20?,21?,22-/m0/s1. The highest BCUT2D eigenvalue weighted by Gasteiger charge is 2.38. The Morgan fingerprint density at radius 1 is 1.00 bits per heavy atom. The number of nitrogens with zero attached hydrogens (tertiary/aromatic N) is 3. The molecule has 1 aliphatic heterocycles. The van der Waals surface area contributed by atoms with Crippen LogP contribution in [0.1, 0.15) is 22.6 Å². The lowest BCUT2D eigenvalue weighted by Crippen LogP contribution is -2.43. The van der Waals surface area contributed by atoms with Gasteiger partial charge in [0, 0.05) is 50.4 Å². The number of aromatic nitrogens is 2. The van der Waals surface area contributed by atoms with Gasteiger partial charge in [0.2, 0.25) is 5.95 Å². The number of hydrogen-bond donors (Lipinski definition) is 1. The molecular formula is C24H24F4N4. The van der Waals surface area contributed by atoms with Crippen molar-refractivity contribution in [3.63, 3.8) is 0 Å². The van der Waals surface area contributed by atoms with Crippen LogP contribution >= 0.6 is 0 Å². The number of alkyl halides is 3. The summed E-state index contributed by atoms with van der Waals surface area (Å²) in [6.45, 7) is 1.47. The molecule has 0 bridgehead atoms. The molecule has 0 radical (unpaired) electrons. The van der Waals surface area contributed by atoms with Gasteiger partial charge < -0.3 is 10.2 Å². The number of benzene rings is 2. The Morgan fingerprint density at radius 2 is 1.66 bits per heavy atom. The van der Waals surface area contributed by atoms with E-state index in [2.05, 4.69) is 15.3 Å². The Labute approximate surface area is 184 Å². The highest BCUT2D eigenvalue weighted by atomic mass is 19.4. The first-order valence-corrected chi connectivity index (χ1v) is 10.4. The van der Waals surface area contributed by atoms with Crippen LogP contribution in [0.15, 0.2) is 67.0 Å². The molecular weight excluding hydrogens is 420 g/mol. The first kappa shape index (κ1) is 22.2. The van der Waals surface area contributed by atoms with E-state index in [9.17, 15) is 17.6 Å². The van der Waals surface area contributed by atoms with Gasteiger partial charge in [0.15, 0.2) is 0 Å². The molecule has 1 aliphatic rings. The number of nitrogens with one attached hydrogen (secondary N) is 1. The number of hydrogen-bond acceptors (Lipinski definition) is 4. The Morgan fingerprint density at radius 3 is 2.28 bits per heavy atom. The summed E-state index contributed by atoms with van der Waals surface area (Å²) in [7, 11) is 1.82. The van der Waals surface area contributed by atoms with Gasteiger partial charge >= 0.3 is 6.18 Å². The Balaban J connectivity index is 1.65. The highest BCUT2D eigenvalue weighted by Crippen LogP contribution is 2.35. The van der Waals surface area contributed by atoms with E-state index in [0.29, 0.717) is 6.42 Å². The molecule has 168 valence electrons. The summed E-state index contributed by atoms with van der Waals surface area (Å²) in [5, 5.41) is 3.43. The fourth-order valence-corrected chi connectivity index (χ4v) is 4.41. The average molecular weight is 444 g/mol. The fourth-order valence-electron chi connectivity index (χ4n) is 4.41. The van der Waals surface area contributed by atoms with Crippen molar-refractivity contribution < 1.29 is 17.6 Å². The van der Waals surface area contributed by atoms with Crippen LogP contribution in [0.3, 0.4) is 0 Å². The molecule has 4 rings (SSSR count). The molecule has 0 aliphatic carbocycles. The monoisotopic (exact) mass is 444 g/mol. The molecule has 1 fully saturated rings. The second kappa shape index (κ2) is 9.24. The average Bonchev–Trinajstić information content (AvgIpc) is 3.27. The minimum Gasteiger partial charge on any atom is -0.340 e. The summed E-state index contributed by atoms with van der Waals surface area (Å²) in [5.41, 5.74) is 1.27. The smallest absolute Gasteiger partial charge is 0.340 e. The number of anilines is 1. The van der Waals surface area contributed by atoms with Crippen molar-refractivity contribution in [3.05, 3.63) is 89.5 Å². The first-order chi connectivity index (χ1) is 15.3. The molecule has 8 heteroatoms. The molecule has 1 aromatic heterocycles. The van der Waals surface area contributed by atoms with Gasteiger partial charge in [0.1, 0.15) is 5.82 Å². The lowest BCUT2D eigenvalue weighted by Gasteiger charge is -2.36. The Bertz CT molecular complexity index is 1010. The van der Waals surface area contributed by atoms with Crippen molar-refractivity contribution in [2.24, 2.45) is 5.92 Å². The third kappa shape index (κ3) is 4.91. The van der Waals surface area contributed by atoms with Gasteiger partial charge in [-0.15, -0.1) is 0 Å². The summed E-state index contributed by atoms with van der Waals surface area (Å²) >= 11 is 0. The summed E-state index contributed by atoms with van der Waals surface area (Å²) in [5.74, 6) is 0.203. The van der Waals surface area contributed by atoms with Gasteiger partial charge in [0.25, 0.3) is 0 Å². The van der Waals surface area contributed by atoms with E-state index in [1.807, 2.05) is 42.3 Å². The van der Waals surface area contributed by atoms with E-state index in [0.717, 1.165) is 36.6 Å². The van der Waals surface area contributed by atoms with Gasteiger partial charge in [-0.25, -0.2) is 14.4 Å². The molecule has 0 spiro atoms. The van der Waals surface area contributed by atoms with Crippen molar-refractivity contribution in [1.82, 2.24) is 15.3 Å². The summed E-state index contributed by atoms with van der Waals surface area (Å²) in [6, 6.07) is 16.4. The number of likely N-dealkylation sites (N-methyl/N-ethyl adjacent to an activating group) is 1. The van der Waals surface area contributed by atoms with Crippen LogP contribution in [0.2, 0.25) is 0 Å². The van der Waals surface area contributed by atoms with E-state index < -0.39 is 11.7 Å². The van der Waals surface area contributed by atoms with Crippen molar-refractivity contribution >= 4 is 5.95 Å². The maximum Gasteiger partial charge on any atom is 0.419 e. The minimum atomic E-state index is -4.48. The molecule has 32 heavy (non-hydrogen) atoms. The van der Waals surface area contributed by atoms with E-state index >= 15 is 0 Å². The molecule has 1 saturated heterocycles. The third-order valence-electron chi connectivity index (χ3n) is 6.12. The van der Waals surface area contributed by atoms with Gasteiger partial charge in [-0.3, -0.25) is 0 Å². The first-order valence-electron chi connectivity index (χ1n) is 10.4. The number of halogens is 4. The predicted molar refractivity (Wildman–Crippen MR) is 115 cm³/mol. The van der Waals surface area contributed by atoms with Crippen LogP contribution < -0.4 is 10.2 Å². The second-order valence-electron chi connectivity index (χ2n) is 8.12. The van der Waals surface area contributed by atoms with Crippen molar-refractivity contribution in [1.29, 1.82) is 0 Å². The number of rotatable bonds is 6. The minimum absolute atomic E-state index is 0.0841. The molecule has 3 aromatic rings. The topological polar surface area (TPSA) is 41.1 Å². The Kier molecular flexibility index (Phi) is 6.41. The van der Waals surface area contributed by atoms with Crippen LogP contribution in [-0.4, -0.2) is 36.1 Å². The lowest BCUT2D eigenvalue weighted by molar-refractivity contribution is -0.138. The molecule has 2 heterocycles. The molecule has 0 saturated carbocycles. The normalized spacial score (nSPS) is 19.7. The molecule has 2 aromatic carbocycles. The van der Waals surface area contributed by atoms with Crippen LogP contribution in [0.4, 0.5) is 23.5 Å². The third-order valence-corrected chi connectivity index (χ3v) is 6.12. The van der Waals surface area contributed by atoms with Crippen molar-refractivity contribution in [3.8, 4) is 0 Å². The molecule has 2 unspecified atom stereocenters. The second-order valence-corrected chi connectivity index (χ2v) is 8.12. The molecule has 1 N–H and O–H groups in total. The van der Waals surface area contributed by atoms with Gasteiger partial charge in [-0.05, 0) is 29.7 Å². The molecule has 0 amide bonds. The van der Waals surface area contributed by atoms with E-state index in [-0.39, 0.29) is 29.6 Å². The van der Waals surface area contributed by atoms with E-state index in [1.54, 1.807) is 12.1 Å². The fraction of sp³-hybridized carbons (Fsp3) is 0.333. The largest absolute Gasteiger partial charge is 0.419 e. The lowest BCUT2D eigenvalue weighted by atomic mass is 9.81. The van der Waals surface area contributed by atoms with Crippen molar-refractivity contribution in [2.45, 2.75) is 24.6 Å². The van der Waals surface area contributed by atoms with E-state index in [1.165, 1.54) is 12.1 Å². The zero-order chi connectivity index (χ0) is 22.7. The molecule has 4 nitrogen and oxygen atoms in total. The highest BCUT2D eigenvalue weighted by molar-refractivity contribution is 5.35. The maximum absolute atomic E-state index is 13.5. The predicted octanol–water partition coefficient (Wildman–Crippen LogP) is 4.69. The summed E-state index contributed by atoms with van der Waals surface area (Å²) < 4.78 is 52.3. The molecule has 3 atom stereocenters. The van der Waals surface area contributed by atoms with Crippen molar-refractivity contribution in [2.75, 3.05) is 25.0 Å². The SMILES string of the molecule is CN(c1ncc(C(F)(F)F)cn1)[C@@H](Cc1ccccc1)C1CNCC1c1ccc(F)cc1. The van der Waals surface area contributed by atoms with Gasteiger partial charge in [-0.2, -0.15) is 13.2 Å².